The summed E-state index contributed by atoms with van der Waals surface area (Å²) in [7, 11) is 0. The van der Waals surface area contributed by atoms with Crippen molar-refractivity contribution in [1.82, 2.24) is 15.6 Å². The number of nitrogens with one attached hydrogen (secondary N) is 3. The Labute approximate surface area is 202 Å². The van der Waals surface area contributed by atoms with Gasteiger partial charge in [-0.25, -0.2) is 4.98 Å². The Morgan fingerprint density at radius 3 is 2.56 bits per heavy atom. The van der Waals surface area contributed by atoms with Crippen LogP contribution in [0.2, 0.25) is 0 Å². The van der Waals surface area contributed by atoms with Crippen LogP contribution in [0.1, 0.15) is 35.3 Å². The van der Waals surface area contributed by atoms with Crippen LogP contribution in [0, 0.1) is 6.92 Å². The van der Waals surface area contributed by atoms with Crippen molar-refractivity contribution in [2.45, 2.75) is 32.9 Å². The number of thiophene rings is 1. The number of aromatic nitrogens is 1. The molecule has 2 amide bonds. The van der Waals surface area contributed by atoms with Gasteiger partial charge in [0.2, 0.25) is 0 Å². The Kier molecular flexibility index (Phi) is 5.93. The van der Waals surface area contributed by atoms with Crippen molar-refractivity contribution >= 4 is 40.2 Å². The zero-order valence-electron chi connectivity index (χ0n) is 19.4. The highest BCUT2D eigenvalue weighted by Crippen LogP contribution is 2.31. The lowest BCUT2D eigenvalue weighted by Crippen LogP contribution is -2.54. The van der Waals surface area contributed by atoms with Crippen molar-refractivity contribution in [3.8, 4) is 11.1 Å². The smallest absolute Gasteiger partial charge is 0.260 e. The van der Waals surface area contributed by atoms with Gasteiger partial charge in [-0.3, -0.25) is 14.9 Å². The first kappa shape index (κ1) is 22.3. The summed E-state index contributed by atoms with van der Waals surface area (Å²) in [6, 6.07) is 10.4. The minimum Gasteiger partial charge on any atom is -0.360 e. The number of benzene rings is 1. The average Bonchev–Trinajstić information content (AvgIpc) is 3.33. The van der Waals surface area contributed by atoms with E-state index in [1.165, 1.54) is 0 Å². The molecule has 2 aliphatic rings. The molecule has 3 aromatic rings. The van der Waals surface area contributed by atoms with Gasteiger partial charge in [0, 0.05) is 42.5 Å². The third-order valence-corrected chi connectivity index (χ3v) is 6.85. The van der Waals surface area contributed by atoms with Crippen LogP contribution >= 0.6 is 11.3 Å². The van der Waals surface area contributed by atoms with Crippen LogP contribution in [-0.4, -0.2) is 42.0 Å². The summed E-state index contributed by atoms with van der Waals surface area (Å²) < 4.78 is 0. The second-order valence-corrected chi connectivity index (χ2v) is 9.78. The molecule has 1 fully saturated rings. The van der Waals surface area contributed by atoms with Gasteiger partial charge < -0.3 is 15.5 Å². The molecule has 7 nitrogen and oxygen atoms in total. The topological polar surface area (TPSA) is 86.4 Å². The summed E-state index contributed by atoms with van der Waals surface area (Å²) in [5.41, 5.74) is 5.39. The van der Waals surface area contributed by atoms with Gasteiger partial charge in [-0.05, 0) is 72.5 Å². The number of carbonyl (C=O) groups is 2. The molecule has 0 radical (unpaired) electrons. The molecule has 34 heavy (non-hydrogen) atoms. The molecule has 8 heteroatoms. The quantitative estimate of drug-likeness (QED) is 0.392. The van der Waals surface area contributed by atoms with Gasteiger partial charge in [0.05, 0.1) is 17.5 Å². The van der Waals surface area contributed by atoms with Crippen molar-refractivity contribution in [3.05, 3.63) is 70.2 Å². The lowest BCUT2D eigenvalue weighted by atomic mass is 9.92. The minimum atomic E-state index is -0.419. The van der Waals surface area contributed by atoms with Crippen LogP contribution in [0.15, 0.2) is 53.5 Å². The first-order valence-electron chi connectivity index (χ1n) is 11.4. The van der Waals surface area contributed by atoms with Crippen LogP contribution < -0.4 is 20.9 Å². The molecule has 5 rings (SSSR count). The number of nitrogens with zero attached hydrogens (tertiary/aromatic N) is 2. The number of hydrogen-bond donors (Lipinski definition) is 3. The SMILES string of the molecule is Cc1cc(N/C=C2\C(=O)NC(=O)c3ccc(-c4ccsc4)cc32)cnc1N1C[C@@H](C)N[C@@H](C)C1. The lowest BCUT2D eigenvalue weighted by Gasteiger charge is -2.37. The number of rotatable bonds is 4. The molecule has 2 aliphatic heterocycles. The summed E-state index contributed by atoms with van der Waals surface area (Å²) in [6.07, 6.45) is 3.44. The van der Waals surface area contributed by atoms with Crippen molar-refractivity contribution in [3.63, 3.8) is 0 Å². The largest absolute Gasteiger partial charge is 0.360 e. The first-order chi connectivity index (χ1) is 16.4. The number of hydrogen-bond acceptors (Lipinski definition) is 7. The number of amides is 2. The van der Waals surface area contributed by atoms with Crippen molar-refractivity contribution in [2.75, 3.05) is 23.3 Å². The fourth-order valence-corrected chi connectivity index (χ4v) is 5.37. The lowest BCUT2D eigenvalue weighted by molar-refractivity contribution is -0.114. The molecule has 0 spiro atoms. The van der Waals surface area contributed by atoms with Crippen LogP contribution in [0.25, 0.3) is 16.7 Å². The molecule has 3 N–H and O–H groups in total. The molecule has 0 aliphatic carbocycles. The normalized spacial score (nSPS) is 21.4. The van der Waals surface area contributed by atoms with Crippen molar-refractivity contribution < 1.29 is 9.59 Å². The minimum absolute atomic E-state index is 0.379. The maximum Gasteiger partial charge on any atom is 0.260 e. The predicted octanol–water partition coefficient (Wildman–Crippen LogP) is 4.03. The standard InChI is InChI=1S/C26H27N5O2S/c1-15-8-20(10-28-24(15)31-12-16(2)29-17(3)13-31)27-11-23-22-9-18(19-6-7-34-14-19)4-5-21(22)25(32)30-26(23)33/h4-11,14,16-17,27,29H,12-13H2,1-3H3,(H,30,32,33)/b23-11-/t16-,17+. The van der Waals surface area contributed by atoms with Gasteiger partial charge in [0.25, 0.3) is 11.8 Å². The van der Waals surface area contributed by atoms with Crippen LogP contribution in [0.4, 0.5) is 11.5 Å². The molecule has 4 heterocycles. The molecule has 2 atom stereocenters. The van der Waals surface area contributed by atoms with Crippen LogP contribution in [-0.2, 0) is 4.79 Å². The van der Waals surface area contributed by atoms with Gasteiger partial charge in [-0.15, -0.1) is 0 Å². The number of fused-ring (bicyclic) bond motifs is 1. The Morgan fingerprint density at radius 2 is 1.85 bits per heavy atom. The molecule has 2 aromatic heterocycles. The molecular weight excluding hydrogens is 446 g/mol. The monoisotopic (exact) mass is 473 g/mol. The molecular formula is C26H27N5O2S. The molecule has 0 bridgehead atoms. The van der Waals surface area contributed by atoms with E-state index < -0.39 is 5.91 Å². The van der Waals surface area contributed by atoms with Gasteiger partial charge in [-0.2, -0.15) is 11.3 Å². The van der Waals surface area contributed by atoms with Gasteiger partial charge in [0.15, 0.2) is 0 Å². The molecule has 0 saturated carbocycles. The Morgan fingerprint density at radius 1 is 1.06 bits per heavy atom. The first-order valence-corrected chi connectivity index (χ1v) is 12.3. The molecule has 174 valence electrons. The Bertz CT molecular complexity index is 1270. The fraction of sp³-hybridized carbons (Fsp3) is 0.269. The van der Waals surface area contributed by atoms with E-state index in [1.54, 1.807) is 29.8 Å². The van der Waals surface area contributed by atoms with E-state index in [0.29, 0.717) is 28.8 Å². The van der Waals surface area contributed by atoms with Crippen LogP contribution in [0.3, 0.4) is 0 Å². The second-order valence-electron chi connectivity index (χ2n) is 9.00. The fourth-order valence-electron chi connectivity index (χ4n) is 4.71. The zero-order chi connectivity index (χ0) is 23.8. The van der Waals surface area contributed by atoms with E-state index in [-0.39, 0.29) is 5.91 Å². The van der Waals surface area contributed by atoms with E-state index in [4.69, 9.17) is 4.98 Å². The number of carbonyl (C=O) groups excluding carboxylic acids is 2. The molecule has 0 unspecified atom stereocenters. The van der Waals surface area contributed by atoms with Crippen molar-refractivity contribution in [2.24, 2.45) is 0 Å². The highest BCUT2D eigenvalue weighted by molar-refractivity contribution is 7.08. The summed E-state index contributed by atoms with van der Waals surface area (Å²) in [5.74, 6) is 0.179. The van der Waals surface area contributed by atoms with E-state index in [1.807, 2.05) is 41.9 Å². The maximum atomic E-state index is 12.7. The predicted molar refractivity (Wildman–Crippen MR) is 137 cm³/mol. The average molecular weight is 474 g/mol. The summed E-state index contributed by atoms with van der Waals surface area (Å²) >= 11 is 1.61. The molecule has 1 aromatic carbocycles. The van der Waals surface area contributed by atoms with E-state index >= 15 is 0 Å². The Balaban J connectivity index is 1.43. The summed E-state index contributed by atoms with van der Waals surface area (Å²) in [4.78, 5) is 32.1. The van der Waals surface area contributed by atoms with E-state index in [0.717, 1.165) is 41.3 Å². The van der Waals surface area contributed by atoms with Crippen LogP contribution in [0.5, 0.6) is 0 Å². The number of piperazine rings is 1. The van der Waals surface area contributed by atoms with Gasteiger partial charge >= 0.3 is 0 Å². The number of aryl methyl sites for hydroxylation is 1. The second kappa shape index (κ2) is 9.04. The van der Waals surface area contributed by atoms with E-state index in [9.17, 15) is 9.59 Å². The summed E-state index contributed by atoms with van der Waals surface area (Å²) in [5, 5.41) is 13.2. The maximum absolute atomic E-state index is 12.7. The Hall–Kier alpha value is -3.49. The van der Waals surface area contributed by atoms with E-state index in [2.05, 4.69) is 34.7 Å². The van der Waals surface area contributed by atoms with Gasteiger partial charge in [0.1, 0.15) is 5.82 Å². The third-order valence-electron chi connectivity index (χ3n) is 6.17. The molecule has 1 saturated heterocycles. The van der Waals surface area contributed by atoms with Crippen molar-refractivity contribution in [1.29, 1.82) is 0 Å². The highest BCUT2D eigenvalue weighted by atomic mass is 32.1. The number of anilines is 2. The highest BCUT2D eigenvalue weighted by Gasteiger charge is 2.28. The summed E-state index contributed by atoms with van der Waals surface area (Å²) in [6.45, 7) is 8.23. The zero-order valence-corrected chi connectivity index (χ0v) is 20.2. The number of imide groups is 1. The van der Waals surface area contributed by atoms with Gasteiger partial charge in [-0.1, -0.05) is 6.07 Å². The number of pyridine rings is 1. The third kappa shape index (κ3) is 4.34.